The third-order valence-electron chi connectivity index (χ3n) is 4.86. The molecule has 2 rings (SSSR count). The van der Waals surface area contributed by atoms with Gasteiger partial charge in [0.25, 0.3) is 5.91 Å². The van der Waals surface area contributed by atoms with Gasteiger partial charge in [-0.25, -0.2) is 0 Å². The van der Waals surface area contributed by atoms with Crippen LogP contribution in [0, 0.1) is 12.8 Å². The van der Waals surface area contributed by atoms with Crippen molar-refractivity contribution in [2.75, 3.05) is 32.8 Å². The first-order chi connectivity index (χ1) is 12.0. The van der Waals surface area contributed by atoms with Crippen LogP contribution in [-0.2, 0) is 4.79 Å². The number of nitrogens with one attached hydrogen (secondary N) is 1. The molecule has 140 valence electrons. The Hall–Kier alpha value is -1.55. The maximum absolute atomic E-state index is 12.0. The van der Waals surface area contributed by atoms with E-state index in [1.807, 2.05) is 13.0 Å². The Morgan fingerprint density at radius 2 is 2.20 bits per heavy atom. The molecule has 0 spiro atoms. The molecule has 0 aliphatic carbocycles. The Morgan fingerprint density at radius 3 is 2.92 bits per heavy atom. The van der Waals surface area contributed by atoms with E-state index in [0.29, 0.717) is 5.92 Å². The lowest BCUT2D eigenvalue weighted by Crippen LogP contribution is -2.37. The van der Waals surface area contributed by atoms with Crippen LogP contribution in [0.25, 0.3) is 0 Å². The smallest absolute Gasteiger partial charge is 0.257 e. The van der Waals surface area contributed by atoms with Gasteiger partial charge in [0.05, 0.1) is 0 Å². The molecule has 25 heavy (non-hydrogen) atoms. The molecule has 1 saturated heterocycles. The zero-order valence-corrected chi connectivity index (χ0v) is 16.3. The second-order valence-electron chi connectivity index (χ2n) is 7.74. The molecule has 1 fully saturated rings. The van der Waals surface area contributed by atoms with Gasteiger partial charge >= 0.3 is 0 Å². The lowest BCUT2D eigenvalue weighted by Gasteiger charge is -2.30. The van der Waals surface area contributed by atoms with E-state index in [9.17, 15) is 4.79 Å². The minimum absolute atomic E-state index is 0.0387. The van der Waals surface area contributed by atoms with Crippen molar-refractivity contribution in [2.45, 2.75) is 52.9 Å². The summed E-state index contributed by atoms with van der Waals surface area (Å²) in [5, 5.41) is 2.98. The topological polar surface area (TPSA) is 41.6 Å². The summed E-state index contributed by atoms with van der Waals surface area (Å²) in [5.74, 6) is 1.97. The Morgan fingerprint density at radius 1 is 1.40 bits per heavy atom. The molecule has 0 bridgehead atoms. The predicted molar refractivity (Wildman–Crippen MR) is 103 cm³/mol. The summed E-state index contributed by atoms with van der Waals surface area (Å²) >= 11 is 0. The van der Waals surface area contributed by atoms with Crippen LogP contribution in [0.5, 0.6) is 5.75 Å². The summed E-state index contributed by atoms with van der Waals surface area (Å²) < 4.78 is 5.78. The minimum atomic E-state index is -0.0387. The fourth-order valence-corrected chi connectivity index (χ4v) is 3.46. The average molecular weight is 347 g/mol. The molecule has 0 aromatic heterocycles. The third kappa shape index (κ3) is 6.69. The van der Waals surface area contributed by atoms with Crippen LogP contribution >= 0.6 is 0 Å². The number of carbonyl (C=O) groups excluding carboxylic acids is 1. The van der Waals surface area contributed by atoms with Crippen molar-refractivity contribution >= 4 is 5.91 Å². The molecule has 1 atom stereocenters. The molecule has 1 aromatic rings. The first-order valence-corrected chi connectivity index (χ1v) is 9.68. The van der Waals surface area contributed by atoms with Gasteiger partial charge in [-0.1, -0.05) is 32.9 Å². The number of piperidine rings is 1. The standard InChI is InChI=1S/C21H34N2O2/c1-16(2)19-9-8-17(3)13-20(19)25-15-21(24)22-10-6-12-23-11-5-7-18(4)14-23/h8-9,13,16,18H,5-7,10-12,14-15H2,1-4H3,(H,22,24). The molecule has 1 amide bonds. The number of hydrogen-bond donors (Lipinski definition) is 1. The van der Waals surface area contributed by atoms with Gasteiger partial charge in [0.1, 0.15) is 5.75 Å². The van der Waals surface area contributed by atoms with Gasteiger partial charge in [-0.15, -0.1) is 0 Å². The van der Waals surface area contributed by atoms with Crippen molar-refractivity contribution in [1.82, 2.24) is 10.2 Å². The van der Waals surface area contributed by atoms with E-state index >= 15 is 0 Å². The number of ether oxygens (including phenoxy) is 1. The molecule has 1 aliphatic heterocycles. The highest BCUT2D eigenvalue weighted by atomic mass is 16.5. The number of carbonyl (C=O) groups is 1. The first-order valence-electron chi connectivity index (χ1n) is 9.68. The average Bonchev–Trinajstić information content (AvgIpc) is 2.57. The van der Waals surface area contributed by atoms with Crippen LogP contribution in [0.1, 0.15) is 57.1 Å². The third-order valence-corrected chi connectivity index (χ3v) is 4.86. The van der Waals surface area contributed by atoms with Crippen molar-refractivity contribution in [2.24, 2.45) is 5.92 Å². The lowest BCUT2D eigenvalue weighted by molar-refractivity contribution is -0.123. The van der Waals surface area contributed by atoms with E-state index in [2.05, 4.69) is 43.1 Å². The maximum Gasteiger partial charge on any atom is 0.257 e. The normalized spacial score (nSPS) is 18.4. The van der Waals surface area contributed by atoms with E-state index in [1.54, 1.807) is 0 Å². The summed E-state index contributed by atoms with van der Waals surface area (Å²) in [5.41, 5.74) is 2.30. The number of hydrogen-bond acceptors (Lipinski definition) is 3. The Labute approximate surface area is 152 Å². The van der Waals surface area contributed by atoms with Gasteiger partial charge in [-0.3, -0.25) is 4.79 Å². The number of benzene rings is 1. The summed E-state index contributed by atoms with van der Waals surface area (Å²) in [6.45, 7) is 12.9. The van der Waals surface area contributed by atoms with Crippen LogP contribution in [0.2, 0.25) is 0 Å². The number of likely N-dealkylation sites (tertiary alicyclic amines) is 1. The van der Waals surface area contributed by atoms with Gasteiger partial charge in [0.15, 0.2) is 6.61 Å². The number of rotatable bonds is 8. The lowest BCUT2D eigenvalue weighted by atomic mass is 10.0. The molecule has 0 radical (unpaired) electrons. The van der Waals surface area contributed by atoms with Crippen molar-refractivity contribution in [3.05, 3.63) is 29.3 Å². The Bertz CT molecular complexity index is 557. The van der Waals surface area contributed by atoms with Crippen LogP contribution < -0.4 is 10.1 Å². The highest BCUT2D eigenvalue weighted by Gasteiger charge is 2.15. The molecule has 1 heterocycles. The Kier molecular flexibility index (Phi) is 7.76. The monoisotopic (exact) mass is 346 g/mol. The predicted octanol–water partition coefficient (Wildman–Crippen LogP) is 3.74. The zero-order chi connectivity index (χ0) is 18.2. The van der Waals surface area contributed by atoms with Crippen molar-refractivity contribution in [1.29, 1.82) is 0 Å². The van der Waals surface area contributed by atoms with Gasteiger partial charge < -0.3 is 15.0 Å². The highest BCUT2D eigenvalue weighted by Crippen LogP contribution is 2.27. The Balaban J connectivity index is 1.68. The summed E-state index contributed by atoms with van der Waals surface area (Å²) in [6.07, 6.45) is 3.65. The van der Waals surface area contributed by atoms with Crippen molar-refractivity contribution in [3.63, 3.8) is 0 Å². The fraction of sp³-hybridized carbons (Fsp3) is 0.667. The fourth-order valence-electron chi connectivity index (χ4n) is 3.46. The summed E-state index contributed by atoms with van der Waals surface area (Å²) in [6, 6.07) is 6.19. The number of aryl methyl sites for hydroxylation is 1. The van der Waals surface area contributed by atoms with Crippen LogP contribution in [0.15, 0.2) is 18.2 Å². The maximum atomic E-state index is 12.0. The van der Waals surface area contributed by atoms with E-state index in [1.165, 1.54) is 25.9 Å². The molecule has 0 saturated carbocycles. The summed E-state index contributed by atoms with van der Waals surface area (Å²) in [4.78, 5) is 14.5. The second kappa shape index (κ2) is 9.81. The number of amides is 1. The van der Waals surface area contributed by atoms with Gasteiger partial charge in [0, 0.05) is 13.1 Å². The molecular formula is C21H34N2O2. The molecular weight excluding hydrogens is 312 g/mol. The minimum Gasteiger partial charge on any atom is -0.483 e. The molecule has 1 aromatic carbocycles. The summed E-state index contributed by atoms with van der Waals surface area (Å²) in [7, 11) is 0. The van der Waals surface area contributed by atoms with Gasteiger partial charge in [-0.05, 0) is 68.3 Å². The highest BCUT2D eigenvalue weighted by molar-refractivity contribution is 5.77. The van der Waals surface area contributed by atoms with E-state index in [0.717, 1.165) is 42.3 Å². The SMILES string of the molecule is Cc1ccc(C(C)C)c(OCC(=O)NCCCN2CCCC(C)C2)c1. The van der Waals surface area contributed by atoms with Gasteiger partial charge in [0.2, 0.25) is 0 Å². The van der Waals surface area contributed by atoms with Crippen molar-refractivity contribution in [3.8, 4) is 5.75 Å². The van der Waals surface area contributed by atoms with Crippen molar-refractivity contribution < 1.29 is 9.53 Å². The van der Waals surface area contributed by atoms with Crippen LogP contribution in [0.4, 0.5) is 0 Å². The van der Waals surface area contributed by atoms with Crippen LogP contribution in [-0.4, -0.2) is 43.6 Å². The van der Waals surface area contributed by atoms with E-state index in [4.69, 9.17) is 4.74 Å². The largest absolute Gasteiger partial charge is 0.483 e. The molecule has 4 nitrogen and oxygen atoms in total. The van der Waals surface area contributed by atoms with E-state index in [-0.39, 0.29) is 12.5 Å². The molecule has 1 aliphatic rings. The van der Waals surface area contributed by atoms with E-state index < -0.39 is 0 Å². The molecule has 4 heteroatoms. The first kappa shape index (κ1) is 19.8. The van der Waals surface area contributed by atoms with Gasteiger partial charge in [-0.2, -0.15) is 0 Å². The van der Waals surface area contributed by atoms with Crippen LogP contribution in [0.3, 0.4) is 0 Å². The molecule has 1 N–H and O–H groups in total. The number of nitrogens with zero attached hydrogens (tertiary/aromatic N) is 1. The quantitative estimate of drug-likeness (QED) is 0.729. The second-order valence-corrected chi connectivity index (χ2v) is 7.74. The molecule has 1 unspecified atom stereocenters. The zero-order valence-electron chi connectivity index (χ0n) is 16.3.